The van der Waals surface area contributed by atoms with Crippen molar-refractivity contribution < 1.29 is 32.6 Å². The first-order chi connectivity index (χ1) is 16.1. The van der Waals surface area contributed by atoms with E-state index in [0.29, 0.717) is 5.02 Å². The van der Waals surface area contributed by atoms with Crippen molar-refractivity contribution in [2.24, 2.45) is 0 Å². The highest BCUT2D eigenvalue weighted by Crippen LogP contribution is 2.34. The van der Waals surface area contributed by atoms with Crippen LogP contribution in [0.2, 0.25) is 5.02 Å². The molecule has 1 aromatic heterocycles. The molecule has 1 heterocycles. The van der Waals surface area contributed by atoms with Crippen LogP contribution in [0.15, 0.2) is 48.5 Å². The average molecular weight is 499 g/mol. The number of carbonyl (C=O) groups excluding carboxylic acids is 1. The molecule has 3 aromatic rings. The van der Waals surface area contributed by atoms with Gasteiger partial charge < -0.3 is 15.2 Å². The van der Waals surface area contributed by atoms with Crippen LogP contribution in [0.5, 0.6) is 11.8 Å². The number of nitrogens with one attached hydrogen (secondary N) is 1. The van der Waals surface area contributed by atoms with Crippen LogP contribution in [-0.2, 0) is 17.6 Å². The third-order valence-electron chi connectivity index (χ3n) is 4.66. The molecule has 1 amide bonds. The molecule has 0 bridgehead atoms. The minimum atomic E-state index is -4.55. The van der Waals surface area contributed by atoms with E-state index in [4.69, 9.17) is 26.3 Å². The van der Waals surface area contributed by atoms with Crippen LogP contribution < -0.4 is 10.1 Å². The Hall–Kier alpha value is -3.28. The summed E-state index contributed by atoms with van der Waals surface area (Å²) in [6.45, 7) is -0.324. The summed E-state index contributed by atoms with van der Waals surface area (Å²) in [6, 6.07) is 11.0. The van der Waals surface area contributed by atoms with Gasteiger partial charge in [0.15, 0.2) is 11.5 Å². The highest BCUT2D eigenvalue weighted by molar-refractivity contribution is 6.30. The number of nitrogens with zero attached hydrogens (tertiary/aromatic N) is 3. The summed E-state index contributed by atoms with van der Waals surface area (Å²) in [6.07, 6.45) is -4.55. The van der Waals surface area contributed by atoms with Crippen molar-refractivity contribution in [3.05, 3.63) is 70.4 Å². The Bertz CT molecular complexity index is 1140. The first-order valence-corrected chi connectivity index (χ1v) is 10.4. The van der Waals surface area contributed by atoms with E-state index < -0.39 is 17.6 Å². The summed E-state index contributed by atoms with van der Waals surface area (Å²) in [5.41, 5.74) is -0.116. The molecule has 0 saturated heterocycles. The zero-order valence-corrected chi connectivity index (χ0v) is 19.0. The summed E-state index contributed by atoms with van der Waals surface area (Å²) in [5.74, 6) is -0.595. The number of imidazole rings is 1. The Morgan fingerprint density at radius 2 is 1.94 bits per heavy atom. The summed E-state index contributed by atoms with van der Waals surface area (Å²) in [5, 5.41) is 13.2. The monoisotopic (exact) mass is 498 g/mol. The quantitative estimate of drug-likeness (QED) is 0.424. The Kier molecular flexibility index (Phi) is 8.02. The Morgan fingerprint density at radius 3 is 2.56 bits per heavy atom. The van der Waals surface area contributed by atoms with E-state index in [1.165, 1.54) is 30.8 Å². The van der Waals surface area contributed by atoms with Gasteiger partial charge in [-0.2, -0.15) is 18.2 Å². The lowest BCUT2D eigenvalue weighted by Crippen LogP contribution is -2.30. The minimum absolute atomic E-state index is 0.0415. The number of alkyl halides is 3. The van der Waals surface area contributed by atoms with E-state index >= 15 is 0 Å². The number of ether oxygens (including phenoxy) is 1. The van der Waals surface area contributed by atoms with Crippen molar-refractivity contribution in [2.45, 2.75) is 12.7 Å². The van der Waals surface area contributed by atoms with Gasteiger partial charge >= 0.3 is 12.2 Å². The predicted molar refractivity (Wildman–Crippen MR) is 119 cm³/mol. The van der Waals surface area contributed by atoms with Gasteiger partial charge in [0.05, 0.1) is 25.3 Å². The van der Waals surface area contributed by atoms with Crippen molar-refractivity contribution in [2.75, 3.05) is 32.6 Å². The maximum atomic E-state index is 13.1. The molecule has 0 aliphatic carbocycles. The van der Waals surface area contributed by atoms with Gasteiger partial charge in [-0.1, -0.05) is 29.8 Å². The molecule has 0 spiro atoms. The number of hydroxylamine groups is 2. The summed E-state index contributed by atoms with van der Waals surface area (Å²) >= 11 is 5.96. The molecular formula is C22H22ClF3N4O4. The zero-order chi connectivity index (χ0) is 24.9. The number of anilines is 1. The molecule has 12 heteroatoms. The standard InChI is InChI=1S/C22H22ClF3N4O4/c1-27-19-18(20(32)29(2)33-11-10-31)30(13-14-6-8-16(23)9-7-14)21(28-19)34-17-5-3-4-15(12-17)22(24,25)26/h3-9,12,27,31H,10-11,13H2,1-2H3. The van der Waals surface area contributed by atoms with Crippen LogP contribution in [0.1, 0.15) is 21.6 Å². The zero-order valence-electron chi connectivity index (χ0n) is 18.3. The molecule has 0 saturated carbocycles. The van der Waals surface area contributed by atoms with Crippen molar-refractivity contribution in [3.8, 4) is 11.8 Å². The predicted octanol–water partition coefficient (Wildman–Crippen LogP) is 4.43. The Labute approximate surface area is 198 Å². The fourth-order valence-corrected chi connectivity index (χ4v) is 3.17. The van der Waals surface area contributed by atoms with Crippen LogP contribution in [0.3, 0.4) is 0 Å². The van der Waals surface area contributed by atoms with E-state index in [9.17, 15) is 18.0 Å². The summed E-state index contributed by atoms with van der Waals surface area (Å²) in [7, 11) is 2.90. The van der Waals surface area contributed by atoms with Crippen molar-refractivity contribution in [1.82, 2.24) is 14.6 Å². The number of hydrogen-bond donors (Lipinski definition) is 2. The van der Waals surface area contributed by atoms with Crippen LogP contribution in [0.25, 0.3) is 0 Å². The number of benzene rings is 2. The van der Waals surface area contributed by atoms with Gasteiger partial charge in [0.2, 0.25) is 0 Å². The van der Waals surface area contributed by atoms with E-state index in [2.05, 4.69) is 10.3 Å². The van der Waals surface area contributed by atoms with Crippen LogP contribution in [0, 0.1) is 0 Å². The molecule has 8 nitrogen and oxygen atoms in total. The summed E-state index contributed by atoms with van der Waals surface area (Å²) in [4.78, 5) is 22.6. The third kappa shape index (κ3) is 5.99. The third-order valence-corrected chi connectivity index (χ3v) is 4.91. The maximum Gasteiger partial charge on any atom is 0.416 e. The van der Waals surface area contributed by atoms with E-state index in [0.717, 1.165) is 22.8 Å². The lowest BCUT2D eigenvalue weighted by atomic mass is 10.2. The second kappa shape index (κ2) is 10.8. The SMILES string of the molecule is CNc1nc(Oc2cccc(C(F)(F)F)c2)n(Cc2ccc(Cl)cc2)c1C(=O)N(C)OCCO. The van der Waals surface area contributed by atoms with Crippen LogP contribution in [0.4, 0.5) is 19.0 Å². The van der Waals surface area contributed by atoms with Crippen LogP contribution >= 0.6 is 11.6 Å². The number of hydrogen-bond acceptors (Lipinski definition) is 6. The maximum absolute atomic E-state index is 13.1. The first kappa shape index (κ1) is 25.3. The lowest BCUT2D eigenvalue weighted by Gasteiger charge is -2.18. The van der Waals surface area contributed by atoms with E-state index in [-0.39, 0.29) is 43.0 Å². The van der Waals surface area contributed by atoms with E-state index in [1.807, 2.05) is 0 Å². The number of aliphatic hydroxyl groups excluding tert-OH is 1. The molecule has 0 aliphatic heterocycles. The van der Waals surface area contributed by atoms with Crippen molar-refractivity contribution in [1.29, 1.82) is 0 Å². The second-order valence-electron chi connectivity index (χ2n) is 7.04. The number of aromatic nitrogens is 2. The van der Waals surface area contributed by atoms with Gasteiger partial charge in [-0.25, -0.2) is 5.06 Å². The Morgan fingerprint density at radius 1 is 1.24 bits per heavy atom. The number of halogens is 4. The van der Waals surface area contributed by atoms with Gasteiger partial charge in [0, 0.05) is 19.1 Å². The Balaban J connectivity index is 2.06. The van der Waals surface area contributed by atoms with Gasteiger partial charge in [-0.3, -0.25) is 14.2 Å². The van der Waals surface area contributed by atoms with Gasteiger partial charge in [-0.15, -0.1) is 0 Å². The first-order valence-electron chi connectivity index (χ1n) is 10.0. The van der Waals surface area contributed by atoms with Crippen molar-refractivity contribution in [3.63, 3.8) is 0 Å². The smallest absolute Gasteiger partial charge is 0.416 e. The number of aliphatic hydroxyl groups is 1. The number of carbonyl (C=O) groups is 1. The fourth-order valence-electron chi connectivity index (χ4n) is 3.05. The minimum Gasteiger partial charge on any atom is -0.425 e. The number of rotatable bonds is 9. The van der Waals surface area contributed by atoms with Gasteiger partial charge in [-0.05, 0) is 35.9 Å². The molecule has 0 radical (unpaired) electrons. The summed E-state index contributed by atoms with van der Waals surface area (Å²) < 4.78 is 46.6. The molecular weight excluding hydrogens is 477 g/mol. The number of amides is 1. The largest absolute Gasteiger partial charge is 0.425 e. The normalized spacial score (nSPS) is 11.4. The average Bonchev–Trinajstić information content (AvgIpc) is 3.14. The molecule has 0 fully saturated rings. The lowest BCUT2D eigenvalue weighted by molar-refractivity contribution is -0.137. The molecule has 34 heavy (non-hydrogen) atoms. The van der Waals surface area contributed by atoms with Crippen molar-refractivity contribution >= 4 is 23.3 Å². The highest BCUT2D eigenvalue weighted by atomic mass is 35.5. The molecule has 0 unspecified atom stereocenters. The van der Waals surface area contributed by atoms with Crippen LogP contribution in [-0.4, -0.2) is 52.9 Å². The molecule has 2 N–H and O–H groups in total. The molecule has 0 atom stereocenters. The molecule has 2 aromatic carbocycles. The second-order valence-corrected chi connectivity index (χ2v) is 7.48. The van der Waals surface area contributed by atoms with Gasteiger partial charge in [0.1, 0.15) is 5.75 Å². The highest BCUT2D eigenvalue weighted by Gasteiger charge is 2.31. The van der Waals surface area contributed by atoms with Gasteiger partial charge in [0.25, 0.3) is 5.91 Å². The van der Waals surface area contributed by atoms with E-state index in [1.54, 1.807) is 24.3 Å². The molecule has 0 aliphatic rings. The fraction of sp³-hybridized carbons (Fsp3) is 0.273. The topological polar surface area (TPSA) is 88.9 Å². The molecule has 182 valence electrons. The molecule has 3 rings (SSSR count).